The van der Waals surface area contributed by atoms with Crippen LogP contribution in [0.15, 0.2) is 36.8 Å². The quantitative estimate of drug-likeness (QED) is 0.816. The van der Waals surface area contributed by atoms with Gasteiger partial charge in [-0.2, -0.15) is 0 Å². The lowest BCUT2D eigenvalue weighted by atomic mass is 10.3. The van der Waals surface area contributed by atoms with Crippen molar-refractivity contribution in [3.05, 3.63) is 47.5 Å². The maximum absolute atomic E-state index is 5.85. The van der Waals surface area contributed by atoms with E-state index in [0.717, 1.165) is 18.0 Å². The lowest BCUT2D eigenvalue weighted by Gasteiger charge is -2.03. The van der Waals surface area contributed by atoms with E-state index < -0.39 is 0 Å². The zero-order chi connectivity index (χ0) is 11.4. The molecular formula is C12H13ClN2O. The average Bonchev–Trinajstić information content (AvgIpc) is 2.74. The summed E-state index contributed by atoms with van der Waals surface area (Å²) in [5.74, 6) is 0.763. The molecule has 0 aliphatic rings. The second-order valence-electron chi connectivity index (χ2n) is 3.44. The number of ether oxygens (including phenoxy) is 1. The summed E-state index contributed by atoms with van der Waals surface area (Å²) in [4.78, 5) is 4.23. The summed E-state index contributed by atoms with van der Waals surface area (Å²) in [5.41, 5.74) is 0.918. The van der Waals surface area contributed by atoms with E-state index >= 15 is 0 Å². The van der Waals surface area contributed by atoms with Gasteiger partial charge in [0, 0.05) is 17.8 Å². The van der Waals surface area contributed by atoms with Crippen molar-refractivity contribution < 1.29 is 4.74 Å². The van der Waals surface area contributed by atoms with Gasteiger partial charge in [-0.15, -0.1) is 0 Å². The number of benzene rings is 1. The normalized spacial score (nSPS) is 10.4. The standard InChI is InChI=1S/C12H13ClN2O/c1-2-15-7-11(14-9-15)8-16-12-5-3-4-10(13)6-12/h3-7,9H,2,8H2,1H3. The van der Waals surface area contributed by atoms with Gasteiger partial charge in [-0.1, -0.05) is 17.7 Å². The minimum Gasteiger partial charge on any atom is -0.487 e. The van der Waals surface area contributed by atoms with Crippen LogP contribution in [-0.4, -0.2) is 9.55 Å². The van der Waals surface area contributed by atoms with Crippen molar-refractivity contribution in [2.45, 2.75) is 20.1 Å². The molecule has 0 aliphatic heterocycles. The van der Waals surface area contributed by atoms with Crippen LogP contribution in [0.2, 0.25) is 5.02 Å². The molecular weight excluding hydrogens is 224 g/mol. The number of aromatic nitrogens is 2. The fourth-order valence-electron chi connectivity index (χ4n) is 1.37. The van der Waals surface area contributed by atoms with E-state index in [9.17, 15) is 0 Å². The summed E-state index contributed by atoms with van der Waals surface area (Å²) in [6.07, 6.45) is 3.78. The number of hydrogen-bond donors (Lipinski definition) is 0. The SMILES string of the molecule is CCn1cnc(COc2cccc(Cl)c2)c1. The van der Waals surface area contributed by atoms with Crippen molar-refractivity contribution in [2.24, 2.45) is 0 Å². The second kappa shape index (κ2) is 5.03. The first-order chi connectivity index (χ1) is 7.78. The highest BCUT2D eigenvalue weighted by atomic mass is 35.5. The third-order valence-corrected chi connectivity index (χ3v) is 2.47. The third-order valence-electron chi connectivity index (χ3n) is 2.23. The summed E-state index contributed by atoms with van der Waals surface area (Å²) in [5, 5.41) is 0.677. The highest BCUT2D eigenvalue weighted by molar-refractivity contribution is 6.30. The summed E-state index contributed by atoms with van der Waals surface area (Å²) in [7, 11) is 0. The molecule has 0 aliphatic carbocycles. The molecule has 0 saturated heterocycles. The van der Waals surface area contributed by atoms with Crippen LogP contribution in [0.4, 0.5) is 0 Å². The maximum Gasteiger partial charge on any atom is 0.132 e. The van der Waals surface area contributed by atoms with Crippen LogP contribution < -0.4 is 4.74 Å². The van der Waals surface area contributed by atoms with E-state index in [1.807, 2.05) is 29.0 Å². The summed E-state index contributed by atoms with van der Waals surface area (Å²) >= 11 is 5.85. The molecule has 0 spiro atoms. The van der Waals surface area contributed by atoms with E-state index in [1.165, 1.54) is 0 Å². The molecule has 0 amide bonds. The molecule has 2 rings (SSSR count). The minimum absolute atomic E-state index is 0.466. The lowest BCUT2D eigenvalue weighted by molar-refractivity contribution is 0.302. The highest BCUT2D eigenvalue weighted by Gasteiger charge is 1.99. The molecule has 0 bridgehead atoms. The number of imidazole rings is 1. The number of aryl methyl sites for hydroxylation is 1. The van der Waals surface area contributed by atoms with E-state index in [-0.39, 0.29) is 0 Å². The second-order valence-corrected chi connectivity index (χ2v) is 3.88. The Morgan fingerprint density at radius 1 is 1.44 bits per heavy atom. The largest absolute Gasteiger partial charge is 0.487 e. The Kier molecular flexibility index (Phi) is 3.47. The van der Waals surface area contributed by atoms with Gasteiger partial charge in [-0.3, -0.25) is 0 Å². The molecule has 1 aromatic heterocycles. The van der Waals surface area contributed by atoms with Crippen molar-refractivity contribution in [3.8, 4) is 5.75 Å². The van der Waals surface area contributed by atoms with E-state index in [4.69, 9.17) is 16.3 Å². The van der Waals surface area contributed by atoms with Crippen LogP contribution >= 0.6 is 11.6 Å². The van der Waals surface area contributed by atoms with Gasteiger partial charge in [0.05, 0.1) is 12.0 Å². The van der Waals surface area contributed by atoms with Crippen LogP contribution in [-0.2, 0) is 13.2 Å². The Morgan fingerprint density at radius 3 is 3.00 bits per heavy atom. The summed E-state index contributed by atoms with van der Waals surface area (Å²) in [6.45, 7) is 3.46. The van der Waals surface area contributed by atoms with Crippen molar-refractivity contribution in [1.82, 2.24) is 9.55 Å². The van der Waals surface area contributed by atoms with Crippen molar-refractivity contribution >= 4 is 11.6 Å². The van der Waals surface area contributed by atoms with E-state index in [2.05, 4.69) is 11.9 Å². The lowest BCUT2D eigenvalue weighted by Crippen LogP contribution is -1.95. The molecule has 0 saturated carbocycles. The zero-order valence-corrected chi connectivity index (χ0v) is 9.81. The minimum atomic E-state index is 0.466. The predicted octanol–water partition coefficient (Wildman–Crippen LogP) is 3.14. The first kappa shape index (κ1) is 11.0. The van der Waals surface area contributed by atoms with Crippen LogP contribution in [0.5, 0.6) is 5.75 Å². The molecule has 2 aromatic rings. The monoisotopic (exact) mass is 236 g/mol. The van der Waals surface area contributed by atoms with Gasteiger partial charge in [0.2, 0.25) is 0 Å². The molecule has 84 valence electrons. The average molecular weight is 237 g/mol. The first-order valence-electron chi connectivity index (χ1n) is 5.17. The smallest absolute Gasteiger partial charge is 0.132 e. The molecule has 0 N–H and O–H groups in total. The van der Waals surface area contributed by atoms with Gasteiger partial charge in [0.1, 0.15) is 12.4 Å². The Morgan fingerprint density at radius 2 is 2.31 bits per heavy atom. The van der Waals surface area contributed by atoms with Crippen LogP contribution in [0.3, 0.4) is 0 Å². The molecule has 1 heterocycles. The molecule has 0 atom stereocenters. The predicted molar refractivity (Wildman–Crippen MR) is 63.7 cm³/mol. The third kappa shape index (κ3) is 2.76. The molecule has 16 heavy (non-hydrogen) atoms. The molecule has 4 heteroatoms. The summed E-state index contributed by atoms with van der Waals surface area (Å²) < 4.78 is 7.58. The highest BCUT2D eigenvalue weighted by Crippen LogP contribution is 2.17. The molecule has 0 fully saturated rings. The van der Waals surface area contributed by atoms with Gasteiger partial charge in [0.25, 0.3) is 0 Å². The fraction of sp³-hybridized carbons (Fsp3) is 0.250. The van der Waals surface area contributed by atoms with E-state index in [1.54, 1.807) is 12.4 Å². The molecule has 1 aromatic carbocycles. The topological polar surface area (TPSA) is 27.1 Å². The van der Waals surface area contributed by atoms with E-state index in [0.29, 0.717) is 11.6 Å². The van der Waals surface area contributed by atoms with Crippen LogP contribution in [0.1, 0.15) is 12.6 Å². The van der Waals surface area contributed by atoms with Crippen LogP contribution in [0, 0.1) is 0 Å². The zero-order valence-electron chi connectivity index (χ0n) is 9.06. The first-order valence-corrected chi connectivity index (χ1v) is 5.54. The van der Waals surface area contributed by atoms with Crippen LogP contribution in [0.25, 0.3) is 0 Å². The van der Waals surface area contributed by atoms with Crippen molar-refractivity contribution in [1.29, 1.82) is 0 Å². The maximum atomic E-state index is 5.85. The van der Waals surface area contributed by atoms with Gasteiger partial charge in [-0.25, -0.2) is 4.98 Å². The van der Waals surface area contributed by atoms with Crippen molar-refractivity contribution in [3.63, 3.8) is 0 Å². The van der Waals surface area contributed by atoms with Crippen molar-refractivity contribution in [2.75, 3.05) is 0 Å². The Bertz CT molecular complexity index is 468. The summed E-state index contributed by atoms with van der Waals surface area (Å²) in [6, 6.07) is 7.35. The number of rotatable bonds is 4. The number of nitrogens with zero attached hydrogens (tertiary/aromatic N) is 2. The van der Waals surface area contributed by atoms with Gasteiger partial charge < -0.3 is 9.30 Å². The Balaban J connectivity index is 1.96. The molecule has 3 nitrogen and oxygen atoms in total. The number of hydrogen-bond acceptors (Lipinski definition) is 2. The van der Waals surface area contributed by atoms with Gasteiger partial charge in [-0.05, 0) is 25.1 Å². The molecule has 0 radical (unpaired) electrons. The molecule has 0 unspecified atom stereocenters. The number of halogens is 1. The van der Waals surface area contributed by atoms with Gasteiger partial charge >= 0.3 is 0 Å². The van der Waals surface area contributed by atoms with Gasteiger partial charge in [0.15, 0.2) is 0 Å². The Hall–Kier alpha value is -1.48. The fourth-order valence-corrected chi connectivity index (χ4v) is 1.55. The Labute approximate surface area is 99.6 Å².